The second-order valence-corrected chi connectivity index (χ2v) is 4.27. The molecule has 0 saturated carbocycles. The van der Waals surface area contributed by atoms with Gasteiger partial charge in [0.1, 0.15) is 11.6 Å². The SMILES string of the molecule is O=C(CCc1ccccc1F)NCCc1ccco1. The standard InChI is InChI=1S/C15H16FNO2/c16-14-6-2-1-4-12(14)7-8-15(18)17-10-9-13-5-3-11-19-13/h1-6,11H,7-10H2,(H,17,18). The molecule has 3 nitrogen and oxygen atoms in total. The Bertz CT molecular complexity index is 523. The van der Waals surface area contributed by atoms with E-state index in [1.807, 2.05) is 12.1 Å². The van der Waals surface area contributed by atoms with Crippen molar-refractivity contribution in [2.75, 3.05) is 6.54 Å². The second-order valence-electron chi connectivity index (χ2n) is 4.27. The van der Waals surface area contributed by atoms with Crippen LogP contribution in [0.25, 0.3) is 0 Å². The summed E-state index contributed by atoms with van der Waals surface area (Å²) >= 11 is 0. The zero-order valence-corrected chi connectivity index (χ0v) is 10.6. The topological polar surface area (TPSA) is 42.2 Å². The molecule has 0 unspecified atom stereocenters. The number of aryl methyl sites for hydroxylation is 1. The summed E-state index contributed by atoms with van der Waals surface area (Å²) in [5, 5.41) is 2.79. The number of halogens is 1. The monoisotopic (exact) mass is 261 g/mol. The van der Waals surface area contributed by atoms with Crippen LogP contribution < -0.4 is 5.32 Å². The molecule has 1 aromatic heterocycles. The number of nitrogens with one attached hydrogen (secondary N) is 1. The fraction of sp³-hybridized carbons (Fsp3) is 0.267. The van der Waals surface area contributed by atoms with E-state index in [2.05, 4.69) is 5.32 Å². The maximum atomic E-state index is 13.3. The van der Waals surface area contributed by atoms with Crippen LogP contribution in [0.4, 0.5) is 4.39 Å². The van der Waals surface area contributed by atoms with Crippen molar-refractivity contribution in [2.45, 2.75) is 19.3 Å². The maximum Gasteiger partial charge on any atom is 0.220 e. The molecular formula is C15H16FNO2. The molecule has 0 bridgehead atoms. The van der Waals surface area contributed by atoms with Crippen LogP contribution in [-0.2, 0) is 17.6 Å². The van der Waals surface area contributed by atoms with E-state index in [0.717, 1.165) is 5.76 Å². The van der Waals surface area contributed by atoms with Crippen molar-refractivity contribution in [1.82, 2.24) is 5.32 Å². The molecule has 1 aromatic carbocycles. The first-order valence-electron chi connectivity index (χ1n) is 6.28. The zero-order chi connectivity index (χ0) is 13.5. The summed E-state index contributed by atoms with van der Waals surface area (Å²) in [5.74, 6) is 0.509. The minimum atomic E-state index is -0.258. The molecule has 1 N–H and O–H groups in total. The van der Waals surface area contributed by atoms with Crippen molar-refractivity contribution in [3.8, 4) is 0 Å². The zero-order valence-electron chi connectivity index (χ0n) is 10.6. The molecular weight excluding hydrogens is 245 g/mol. The van der Waals surface area contributed by atoms with Crippen LogP contribution in [-0.4, -0.2) is 12.5 Å². The number of carbonyl (C=O) groups excluding carboxylic acids is 1. The van der Waals surface area contributed by atoms with Crippen LogP contribution in [0, 0.1) is 5.82 Å². The summed E-state index contributed by atoms with van der Waals surface area (Å²) in [5.41, 5.74) is 0.573. The highest BCUT2D eigenvalue weighted by Crippen LogP contribution is 2.08. The third kappa shape index (κ3) is 4.25. The molecule has 0 radical (unpaired) electrons. The van der Waals surface area contributed by atoms with E-state index in [-0.39, 0.29) is 11.7 Å². The van der Waals surface area contributed by atoms with Crippen molar-refractivity contribution in [2.24, 2.45) is 0 Å². The Hall–Kier alpha value is -2.10. The van der Waals surface area contributed by atoms with E-state index in [0.29, 0.717) is 31.4 Å². The summed E-state index contributed by atoms with van der Waals surface area (Å²) in [7, 11) is 0. The maximum absolute atomic E-state index is 13.3. The smallest absolute Gasteiger partial charge is 0.220 e. The molecule has 0 aliphatic rings. The lowest BCUT2D eigenvalue weighted by atomic mass is 10.1. The van der Waals surface area contributed by atoms with Gasteiger partial charge in [-0.3, -0.25) is 4.79 Å². The highest BCUT2D eigenvalue weighted by Gasteiger charge is 2.05. The number of hydrogen-bond donors (Lipinski definition) is 1. The van der Waals surface area contributed by atoms with Crippen molar-refractivity contribution < 1.29 is 13.6 Å². The van der Waals surface area contributed by atoms with Gasteiger partial charge in [-0.05, 0) is 30.2 Å². The van der Waals surface area contributed by atoms with E-state index >= 15 is 0 Å². The third-order valence-electron chi connectivity index (χ3n) is 2.85. The van der Waals surface area contributed by atoms with Gasteiger partial charge in [0.2, 0.25) is 5.91 Å². The van der Waals surface area contributed by atoms with Gasteiger partial charge in [-0.1, -0.05) is 18.2 Å². The number of carbonyl (C=O) groups is 1. The largest absolute Gasteiger partial charge is 0.469 e. The van der Waals surface area contributed by atoms with Crippen molar-refractivity contribution >= 4 is 5.91 Å². The molecule has 0 fully saturated rings. The summed E-state index contributed by atoms with van der Waals surface area (Å²) in [4.78, 5) is 11.6. The molecule has 0 atom stereocenters. The Morgan fingerprint density at radius 3 is 2.74 bits per heavy atom. The average Bonchev–Trinajstić information content (AvgIpc) is 2.91. The minimum absolute atomic E-state index is 0.0743. The normalized spacial score (nSPS) is 10.4. The molecule has 4 heteroatoms. The Morgan fingerprint density at radius 1 is 1.16 bits per heavy atom. The van der Waals surface area contributed by atoms with Crippen molar-refractivity contribution in [3.05, 3.63) is 59.8 Å². The Labute approximate surface area is 111 Å². The molecule has 2 rings (SSSR count). The predicted molar refractivity (Wildman–Crippen MR) is 70.1 cm³/mol. The lowest BCUT2D eigenvalue weighted by molar-refractivity contribution is -0.121. The Morgan fingerprint density at radius 2 is 2.00 bits per heavy atom. The third-order valence-corrected chi connectivity index (χ3v) is 2.85. The van der Waals surface area contributed by atoms with Gasteiger partial charge in [0.15, 0.2) is 0 Å². The van der Waals surface area contributed by atoms with Gasteiger partial charge in [-0.15, -0.1) is 0 Å². The molecule has 1 heterocycles. The Kier molecular flexibility index (Phi) is 4.72. The number of rotatable bonds is 6. The number of benzene rings is 1. The van der Waals surface area contributed by atoms with E-state index in [1.165, 1.54) is 6.07 Å². The molecule has 0 saturated heterocycles. The van der Waals surface area contributed by atoms with Crippen LogP contribution in [0.3, 0.4) is 0 Å². The van der Waals surface area contributed by atoms with Crippen molar-refractivity contribution in [3.63, 3.8) is 0 Å². The summed E-state index contributed by atoms with van der Waals surface area (Å²) < 4.78 is 18.5. The summed E-state index contributed by atoms with van der Waals surface area (Å²) in [6.45, 7) is 0.531. The van der Waals surface area contributed by atoms with E-state index < -0.39 is 0 Å². The highest BCUT2D eigenvalue weighted by molar-refractivity contribution is 5.76. The predicted octanol–water partition coefficient (Wildman–Crippen LogP) is 2.71. The number of amides is 1. The molecule has 2 aromatic rings. The highest BCUT2D eigenvalue weighted by atomic mass is 19.1. The molecule has 1 amide bonds. The summed E-state index contributed by atoms with van der Waals surface area (Å²) in [6.07, 6.45) is 2.98. The van der Waals surface area contributed by atoms with Gasteiger partial charge in [-0.25, -0.2) is 4.39 Å². The number of hydrogen-bond acceptors (Lipinski definition) is 2. The first-order valence-corrected chi connectivity index (χ1v) is 6.28. The molecule has 100 valence electrons. The van der Waals surface area contributed by atoms with Crippen LogP contribution in [0.2, 0.25) is 0 Å². The van der Waals surface area contributed by atoms with E-state index in [9.17, 15) is 9.18 Å². The summed E-state index contributed by atoms with van der Waals surface area (Å²) in [6, 6.07) is 10.2. The number of furan rings is 1. The van der Waals surface area contributed by atoms with Crippen LogP contribution in [0.1, 0.15) is 17.7 Å². The van der Waals surface area contributed by atoms with Gasteiger partial charge in [-0.2, -0.15) is 0 Å². The molecule has 0 aliphatic carbocycles. The quantitative estimate of drug-likeness (QED) is 0.868. The fourth-order valence-electron chi connectivity index (χ4n) is 1.82. The van der Waals surface area contributed by atoms with Gasteiger partial charge in [0.25, 0.3) is 0 Å². The van der Waals surface area contributed by atoms with Gasteiger partial charge < -0.3 is 9.73 Å². The van der Waals surface area contributed by atoms with Gasteiger partial charge in [0.05, 0.1) is 6.26 Å². The fourth-order valence-corrected chi connectivity index (χ4v) is 1.82. The molecule has 0 spiro atoms. The lowest BCUT2D eigenvalue weighted by Gasteiger charge is -2.05. The first-order chi connectivity index (χ1) is 9.25. The van der Waals surface area contributed by atoms with E-state index in [4.69, 9.17) is 4.42 Å². The van der Waals surface area contributed by atoms with Crippen LogP contribution in [0.15, 0.2) is 47.1 Å². The average molecular weight is 261 g/mol. The van der Waals surface area contributed by atoms with Crippen LogP contribution >= 0.6 is 0 Å². The van der Waals surface area contributed by atoms with Crippen molar-refractivity contribution in [1.29, 1.82) is 0 Å². The second kappa shape index (κ2) is 6.73. The van der Waals surface area contributed by atoms with E-state index in [1.54, 1.807) is 24.5 Å². The molecule has 19 heavy (non-hydrogen) atoms. The van der Waals surface area contributed by atoms with Crippen LogP contribution in [0.5, 0.6) is 0 Å². The minimum Gasteiger partial charge on any atom is -0.469 e. The first kappa shape index (κ1) is 13.3. The van der Waals surface area contributed by atoms with Gasteiger partial charge in [0, 0.05) is 19.4 Å². The molecule has 0 aliphatic heterocycles. The lowest BCUT2D eigenvalue weighted by Crippen LogP contribution is -2.25. The van der Waals surface area contributed by atoms with Gasteiger partial charge >= 0.3 is 0 Å². The Balaban J connectivity index is 1.69.